The highest BCUT2D eigenvalue weighted by Crippen LogP contribution is 2.15. The van der Waals surface area contributed by atoms with Gasteiger partial charge in [0.1, 0.15) is 0 Å². The van der Waals surface area contributed by atoms with Crippen LogP contribution in [0, 0.1) is 0 Å². The van der Waals surface area contributed by atoms with Crippen molar-refractivity contribution in [3.63, 3.8) is 0 Å². The third-order valence-corrected chi connectivity index (χ3v) is 6.16. The first-order chi connectivity index (χ1) is 16.2. The van der Waals surface area contributed by atoms with Crippen LogP contribution in [0.15, 0.2) is 54.6 Å². The van der Waals surface area contributed by atoms with E-state index in [9.17, 15) is 4.79 Å². The Bertz CT molecular complexity index is 799. The van der Waals surface area contributed by atoms with Crippen molar-refractivity contribution < 1.29 is 9.53 Å². The SMILES string of the molecule is COC(=O)C=Cc1ccc(NCCCCCCCCCCCCCc2ccc(Cl)cc2)cc1. The minimum absolute atomic E-state index is 0.335. The van der Waals surface area contributed by atoms with Crippen molar-refractivity contribution in [2.24, 2.45) is 0 Å². The highest BCUT2D eigenvalue weighted by atomic mass is 35.5. The Balaban J connectivity index is 1.36. The first-order valence-electron chi connectivity index (χ1n) is 12.5. The van der Waals surface area contributed by atoms with E-state index in [1.807, 2.05) is 24.3 Å². The number of hydrogen-bond donors (Lipinski definition) is 1. The first-order valence-corrected chi connectivity index (χ1v) is 12.9. The number of esters is 1. The van der Waals surface area contributed by atoms with Gasteiger partial charge in [-0.1, -0.05) is 93.7 Å². The van der Waals surface area contributed by atoms with Crippen LogP contribution in [0.3, 0.4) is 0 Å². The van der Waals surface area contributed by atoms with Crippen molar-refractivity contribution in [1.82, 2.24) is 0 Å². The van der Waals surface area contributed by atoms with E-state index >= 15 is 0 Å². The van der Waals surface area contributed by atoms with Gasteiger partial charge in [0.2, 0.25) is 0 Å². The summed E-state index contributed by atoms with van der Waals surface area (Å²) in [4.78, 5) is 11.1. The second-order valence-corrected chi connectivity index (χ2v) is 9.11. The largest absolute Gasteiger partial charge is 0.466 e. The average molecular weight is 470 g/mol. The monoisotopic (exact) mass is 469 g/mol. The van der Waals surface area contributed by atoms with Gasteiger partial charge in [0.25, 0.3) is 0 Å². The summed E-state index contributed by atoms with van der Waals surface area (Å²) in [6.45, 7) is 1.01. The lowest BCUT2D eigenvalue weighted by atomic mass is 10.0. The Morgan fingerprint density at radius 3 is 1.91 bits per heavy atom. The summed E-state index contributed by atoms with van der Waals surface area (Å²) in [5.41, 5.74) is 3.51. The number of rotatable bonds is 17. The molecule has 2 aromatic carbocycles. The number of unbranched alkanes of at least 4 members (excludes halogenated alkanes) is 10. The van der Waals surface area contributed by atoms with Crippen LogP contribution in [0.4, 0.5) is 5.69 Å². The molecule has 0 fully saturated rings. The summed E-state index contributed by atoms with van der Waals surface area (Å²) < 4.78 is 4.60. The fraction of sp³-hybridized carbons (Fsp3) is 0.483. The first kappa shape index (κ1) is 27.0. The minimum atomic E-state index is -0.335. The van der Waals surface area contributed by atoms with Gasteiger partial charge in [0, 0.05) is 23.3 Å². The summed E-state index contributed by atoms with van der Waals surface area (Å²) in [5, 5.41) is 4.30. The second-order valence-electron chi connectivity index (χ2n) is 8.67. The molecule has 0 bridgehead atoms. The molecular weight excluding hydrogens is 430 g/mol. The van der Waals surface area contributed by atoms with E-state index < -0.39 is 0 Å². The summed E-state index contributed by atoms with van der Waals surface area (Å²) in [7, 11) is 1.38. The fourth-order valence-electron chi connectivity index (χ4n) is 3.87. The number of anilines is 1. The molecule has 0 aliphatic rings. The van der Waals surface area contributed by atoms with E-state index in [0.717, 1.165) is 22.8 Å². The predicted octanol–water partition coefficient (Wildman–Crippen LogP) is 8.47. The average Bonchev–Trinajstić information content (AvgIpc) is 2.84. The molecule has 0 spiro atoms. The molecule has 0 saturated heterocycles. The number of benzene rings is 2. The third kappa shape index (κ3) is 13.1. The number of carbonyl (C=O) groups excluding carboxylic acids is 1. The molecule has 0 aromatic heterocycles. The quantitative estimate of drug-likeness (QED) is 0.143. The van der Waals surface area contributed by atoms with Gasteiger partial charge in [-0.3, -0.25) is 0 Å². The van der Waals surface area contributed by atoms with E-state index in [1.54, 1.807) is 6.08 Å². The topological polar surface area (TPSA) is 38.3 Å². The van der Waals surface area contributed by atoms with Gasteiger partial charge in [-0.2, -0.15) is 0 Å². The van der Waals surface area contributed by atoms with E-state index in [0.29, 0.717) is 0 Å². The van der Waals surface area contributed by atoms with Gasteiger partial charge in [-0.15, -0.1) is 0 Å². The normalized spacial score (nSPS) is 11.1. The molecule has 2 rings (SSSR count). The number of aryl methyl sites for hydroxylation is 1. The molecule has 0 aliphatic carbocycles. The lowest BCUT2D eigenvalue weighted by Gasteiger charge is -2.07. The molecule has 0 aliphatic heterocycles. The molecule has 0 saturated carbocycles. The second kappa shape index (κ2) is 17.2. The number of nitrogens with one attached hydrogen (secondary N) is 1. The number of methoxy groups -OCH3 is 1. The van der Waals surface area contributed by atoms with Gasteiger partial charge in [0.15, 0.2) is 0 Å². The van der Waals surface area contributed by atoms with Crippen LogP contribution in [0.2, 0.25) is 5.02 Å². The molecule has 33 heavy (non-hydrogen) atoms. The molecule has 0 amide bonds. The molecule has 1 N–H and O–H groups in total. The van der Waals surface area contributed by atoms with E-state index in [1.165, 1.54) is 95.8 Å². The molecule has 2 aromatic rings. The summed E-state index contributed by atoms with van der Waals surface area (Å²) >= 11 is 5.93. The smallest absolute Gasteiger partial charge is 0.330 e. The van der Waals surface area contributed by atoms with Crippen molar-refractivity contribution in [3.05, 3.63) is 70.8 Å². The van der Waals surface area contributed by atoms with Crippen molar-refractivity contribution in [2.45, 2.75) is 77.0 Å². The van der Waals surface area contributed by atoms with Crippen molar-refractivity contribution >= 4 is 29.3 Å². The molecular formula is C29H40ClNO2. The zero-order chi connectivity index (χ0) is 23.6. The van der Waals surface area contributed by atoms with Crippen LogP contribution in [0.5, 0.6) is 0 Å². The number of hydrogen-bond acceptors (Lipinski definition) is 3. The molecule has 4 heteroatoms. The Hall–Kier alpha value is -2.26. The predicted molar refractivity (Wildman–Crippen MR) is 142 cm³/mol. The van der Waals surface area contributed by atoms with Crippen LogP contribution in [0.1, 0.15) is 81.8 Å². The summed E-state index contributed by atoms with van der Waals surface area (Å²) in [6, 6.07) is 16.4. The van der Waals surface area contributed by atoms with Gasteiger partial charge in [0.05, 0.1) is 7.11 Å². The molecule has 0 unspecified atom stereocenters. The Labute approximate surface area is 205 Å². The highest BCUT2D eigenvalue weighted by Gasteiger charge is 1.97. The molecule has 180 valence electrons. The Kier molecular flexibility index (Phi) is 14.1. The summed E-state index contributed by atoms with van der Waals surface area (Å²) in [5.74, 6) is -0.335. The van der Waals surface area contributed by atoms with E-state index in [4.69, 9.17) is 11.6 Å². The maximum atomic E-state index is 11.1. The molecule has 0 heterocycles. The Morgan fingerprint density at radius 2 is 1.33 bits per heavy atom. The lowest BCUT2D eigenvalue weighted by Crippen LogP contribution is -2.01. The van der Waals surface area contributed by atoms with Crippen LogP contribution in [-0.4, -0.2) is 19.6 Å². The van der Waals surface area contributed by atoms with Crippen LogP contribution >= 0.6 is 11.6 Å². The van der Waals surface area contributed by atoms with Crippen LogP contribution in [0.25, 0.3) is 6.08 Å². The van der Waals surface area contributed by atoms with Crippen molar-refractivity contribution in [3.8, 4) is 0 Å². The van der Waals surface area contributed by atoms with Crippen LogP contribution < -0.4 is 5.32 Å². The Morgan fingerprint density at radius 1 is 0.788 bits per heavy atom. The third-order valence-electron chi connectivity index (χ3n) is 5.91. The van der Waals surface area contributed by atoms with Crippen molar-refractivity contribution in [1.29, 1.82) is 0 Å². The van der Waals surface area contributed by atoms with Gasteiger partial charge in [-0.05, 0) is 60.7 Å². The fourth-order valence-corrected chi connectivity index (χ4v) is 4.00. The standard InChI is InChI=1S/C29H40ClNO2/c1-33-29(32)23-18-26-16-21-28(22-17-26)31-24-12-10-8-6-4-2-3-5-7-9-11-13-25-14-19-27(30)20-15-25/h14-23,31H,2-13,24H2,1H3. The lowest BCUT2D eigenvalue weighted by molar-refractivity contribution is -0.134. The van der Waals surface area contributed by atoms with Crippen LogP contribution in [-0.2, 0) is 16.0 Å². The molecule has 3 nitrogen and oxygen atoms in total. The number of ether oxygens (including phenoxy) is 1. The molecule has 0 atom stereocenters. The van der Waals surface area contributed by atoms with Gasteiger partial charge < -0.3 is 10.1 Å². The maximum Gasteiger partial charge on any atom is 0.330 e. The van der Waals surface area contributed by atoms with E-state index in [2.05, 4.69) is 34.3 Å². The zero-order valence-electron chi connectivity index (χ0n) is 20.2. The van der Waals surface area contributed by atoms with Gasteiger partial charge >= 0.3 is 5.97 Å². The number of carbonyl (C=O) groups is 1. The summed E-state index contributed by atoms with van der Waals surface area (Å²) in [6.07, 6.45) is 19.1. The van der Waals surface area contributed by atoms with Crippen molar-refractivity contribution in [2.75, 3.05) is 19.0 Å². The zero-order valence-corrected chi connectivity index (χ0v) is 20.9. The van der Waals surface area contributed by atoms with E-state index in [-0.39, 0.29) is 5.97 Å². The minimum Gasteiger partial charge on any atom is -0.466 e. The maximum absolute atomic E-state index is 11.1. The highest BCUT2D eigenvalue weighted by molar-refractivity contribution is 6.30. The number of halogens is 1. The molecule has 0 radical (unpaired) electrons. The van der Waals surface area contributed by atoms with Gasteiger partial charge in [-0.25, -0.2) is 4.79 Å².